The standard InChI is InChI=1S/C14H22O.C6H6O/c1-12(2)8-4-3-5-9-13-10-6-7-11-14(13)15;7-6-4-2-1-3-5-6/h6-7,10-12,15H,3-5,8-9H2,1-2H3;1-5,7H. The number of phenolic OH excluding ortho intramolecular Hbond substituents is 2. The molecule has 0 aromatic heterocycles. The van der Waals surface area contributed by atoms with Gasteiger partial charge in [-0.15, -0.1) is 0 Å². The van der Waals surface area contributed by atoms with Gasteiger partial charge in [-0.05, 0) is 42.5 Å². The summed E-state index contributed by atoms with van der Waals surface area (Å²) in [5.41, 5.74) is 1.09. The molecule has 0 heterocycles. The molecule has 2 aromatic carbocycles. The van der Waals surface area contributed by atoms with Crippen LogP contribution in [0.15, 0.2) is 54.6 Å². The number of aryl methyl sites for hydroxylation is 1. The Labute approximate surface area is 134 Å². The van der Waals surface area contributed by atoms with Crippen LogP contribution in [-0.2, 0) is 6.42 Å². The zero-order chi connectivity index (χ0) is 16.2. The Balaban J connectivity index is 0.000000287. The van der Waals surface area contributed by atoms with E-state index in [0.29, 0.717) is 11.5 Å². The van der Waals surface area contributed by atoms with Gasteiger partial charge in [0.15, 0.2) is 0 Å². The molecule has 0 unspecified atom stereocenters. The van der Waals surface area contributed by atoms with Gasteiger partial charge in [-0.25, -0.2) is 0 Å². The van der Waals surface area contributed by atoms with Gasteiger partial charge in [-0.2, -0.15) is 0 Å². The Morgan fingerprint density at radius 1 is 0.773 bits per heavy atom. The maximum atomic E-state index is 9.56. The highest BCUT2D eigenvalue weighted by molar-refractivity contribution is 5.31. The van der Waals surface area contributed by atoms with E-state index in [4.69, 9.17) is 5.11 Å². The summed E-state index contributed by atoms with van der Waals surface area (Å²) in [6.07, 6.45) is 6.09. The molecular weight excluding hydrogens is 272 g/mol. The molecule has 0 spiro atoms. The van der Waals surface area contributed by atoms with Gasteiger partial charge in [0, 0.05) is 0 Å². The second-order valence-electron chi connectivity index (χ2n) is 5.96. The third-order valence-electron chi connectivity index (χ3n) is 3.48. The van der Waals surface area contributed by atoms with Crippen LogP contribution in [0.4, 0.5) is 0 Å². The average molecular weight is 300 g/mol. The predicted molar refractivity (Wildman–Crippen MR) is 93.2 cm³/mol. The van der Waals surface area contributed by atoms with Crippen LogP contribution in [0.2, 0.25) is 0 Å². The van der Waals surface area contributed by atoms with Crippen LogP contribution in [0.25, 0.3) is 0 Å². The third-order valence-corrected chi connectivity index (χ3v) is 3.48. The quantitative estimate of drug-likeness (QED) is 0.687. The minimum atomic E-state index is 0.322. The summed E-state index contributed by atoms with van der Waals surface area (Å²) in [6.45, 7) is 4.53. The topological polar surface area (TPSA) is 40.5 Å². The van der Waals surface area contributed by atoms with Crippen molar-refractivity contribution >= 4 is 0 Å². The van der Waals surface area contributed by atoms with Crippen molar-refractivity contribution in [2.24, 2.45) is 5.92 Å². The van der Waals surface area contributed by atoms with E-state index in [1.165, 1.54) is 25.7 Å². The second-order valence-corrected chi connectivity index (χ2v) is 5.96. The Morgan fingerprint density at radius 3 is 1.95 bits per heavy atom. The summed E-state index contributed by atoms with van der Waals surface area (Å²) in [5.74, 6) is 1.58. The molecule has 0 bridgehead atoms. The molecule has 0 aliphatic heterocycles. The van der Waals surface area contributed by atoms with Crippen LogP contribution in [-0.4, -0.2) is 10.2 Å². The lowest BCUT2D eigenvalue weighted by molar-refractivity contribution is 0.465. The number of phenols is 2. The molecule has 22 heavy (non-hydrogen) atoms. The molecule has 0 saturated carbocycles. The summed E-state index contributed by atoms with van der Waals surface area (Å²) in [4.78, 5) is 0. The molecule has 0 saturated heterocycles. The van der Waals surface area contributed by atoms with Crippen LogP contribution < -0.4 is 0 Å². The first-order chi connectivity index (χ1) is 10.6. The second kappa shape index (κ2) is 10.7. The summed E-state index contributed by atoms with van der Waals surface area (Å²) >= 11 is 0. The van der Waals surface area contributed by atoms with E-state index in [-0.39, 0.29) is 0 Å². The highest BCUT2D eigenvalue weighted by atomic mass is 16.3. The molecule has 0 atom stereocenters. The average Bonchev–Trinajstić information content (AvgIpc) is 2.50. The number of rotatable bonds is 6. The van der Waals surface area contributed by atoms with Gasteiger partial charge >= 0.3 is 0 Å². The summed E-state index contributed by atoms with van der Waals surface area (Å²) < 4.78 is 0. The van der Waals surface area contributed by atoms with Crippen LogP contribution in [0.1, 0.15) is 45.1 Å². The number of para-hydroxylation sites is 2. The Kier molecular flexibility index (Phi) is 8.82. The molecule has 0 fully saturated rings. The zero-order valence-corrected chi connectivity index (χ0v) is 13.7. The highest BCUT2D eigenvalue weighted by Crippen LogP contribution is 2.19. The molecule has 0 amide bonds. The van der Waals surface area contributed by atoms with E-state index in [9.17, 15) is 5.11 Å². The van der Waals surface area contributed by atoms with Crippen molar-refractivity contribution in [1.29, 1.82) is 0 Å². The van der Waals surface area contributed by atoms with Gasteiger partial charge in [0.2, 0.25) is 0 Å². The Hall–Kier alpha value is -1.96. The van der Waals surface area contributed by atoms with Gasteiger partial charge in [-0.1, -0.05) is 69.5 Å². The van der Waals surface area contributed by atoms with Crippen LogP contribution >= 0.6 is 0 Å². The first-order valence-electron chi connectivity index (χ1n) is 8.10. The summed E-state index contributed by atoms with van der Waals surface area (Å²) in [7, 11) is 0. The molecular formula is C20H28O2. The van der Waals surface area contributed by atoms with E-state index >= 15 is 0 Å². The first-order valence-corrected chi connectivity index (χ1v) is 8.10. The first kappa shape index (κ1) is 18.1. The number of hydrogen-bond donors (Lipinski definition) is 2. The van der Waals surface area contributed by atoms with Crippen LogP contribution in [0, 0.1) is 5.92 Å². The fraction of sp³-hybridized carbons (Fsp3) is 0.400. The zero-order valence-electron chi connectivity index (χ0n) is 13.7. The van der Waals surface area contributed by atoms with Crippen molar-refractivity contribution in [1.82, 2.24) is 0 Å². The largest absolute Gasteiger partial charge is 0.508 e. The maximum Gasteiger partial charge on any atom is 0.118 e. The van der Waals surface area contributed by atoms with Crippen molar-refractivity contribution in [3.63, 3.8) is 0 Å². The molecule has 120 valence electrons. The third kappa shape index (κ3) is 8.35. The molecule has 2 rings (SSSR count). The molecule has 0 aliphatic carbocycles. The molecule has 2 heteroatoms. The van der Waals surface area contributed by atoms with Crippen molar-refractivity contribution in [3.8, 4) is 11.5 Å². The van der Waals surface area contributed by atoms with Crippen molar-refractivity contribution in [2.75, 3.05) is 0 Å². The Bertz CT molecular complexity index is 506. The molecule has 0 aliphatic rings. The smallest absolute Gasteiger partial charge is 0.118 e. The van der Waals surface area contributed by atoms with Crippen LogP contribution in [0.3, 0.4) is 0 Å². The SMILES string of the molecule is CC(C)CCCCCc1ccccc1O.Oc1ccccc1. The molecule has 2 N–H and O–H groups in total. The van der Waals surface area contributed by atoms with Gasteiger partial charge < -0.3 is 10.2 Å². The maximum absolute atomic E-state index is 9.56. The minimum Gasteiger partial charge on any atom is -0.508 e. The fourth-order valence-corrected chi connectivity index (χ4v) is 2.20. The van der Waals surface area contributed by atoms with E-state index in [1.54, 1.807) is 30.3 Å². The van der Waals surface area contributed by atoms with Gasteiger partial charge in [0.05, 0.1) is 0 Å². The number of aromatic hydroxyl groups is 2. The minimum absolute atomic E-state index is 0.322. The predicted octanol–water partition coefficient (Wildman–Crippen LogP) is 5.54. The monoisotopic (exact) mass is 300 g/mol. The van der Waals surface area contributed by atoms with E-state index < -0.39 is 0 Å². The van der Waals surface area contributed by atoms with Gasteiger partial charge in [-0.3, -0.25) is 0 Å². The van der Waals surface area contributed by atoms with E-state index in [1.807, 2.05) is 24.3 Å². The molecule has 2 nitrogen and oxygen atoms in total. The summed E-state index contributed by atoms with van der Waals surface area (Å²) in [5, 5.41) is 18.2. The lowest BCUT2D eigenvalue weighted by Gasteiger charge is -2.05. The van der Waals surface area contributed by atoms with Gasteiger partial charge in [0.25, 0.3) is 0 Å². The molecule has 2 aromatic rings. The van der Waals surface area contributed by atoms with Crippen molar-refractivity contribution in [3.05, 3.63) is 60.2 Å². The lowest BCUT2D eigenvalue weighted by Crippen LogP contribution is -1.89. The number of hydrogen-bond acceptors (Lipinski definition) is 2. The fourth-order valence-electron chi connectivity index (χ4n) is 2.20. The van der Waals surface area contributed by atoms with Crippen molar-refractivity contribution in [2.45, 2.75) is 46.0 Å². The number of benzene rings is 2. The van der Waals surface area contributed by atoms with Crippen molar-refractivity contribution < 1.29 is 10.2 Å². The normalized spacial score (nSPS) is 10.1. The van der Waals surface area contributed by atoms with E-state index in [2.05, 4.69) is 13.8 Å². The van der Waals surface area contributed by atoms with Crippen LogP contribution in [0.5, 0.6) is 11.5 Å². The lowest BCUT2D eigenvalue weighted by atomic mass is 10.0. The number of unbranched alkanes of at least 4 members (excludes halogenated alkanes) is 2. The summed E-state index contributed by atoms with van der Waals surface area (Å²) in [6, 6.07) is 16.4. The van der Waals surface area contributed by atoms with E-state index in [0.717, 1.165) is 17.9 Å². The van der Waals surface area contributed by atoms with Gasteiger partial charge in [0.1, 0.15) is 11.5 Å². The highest BCUT2D eigenvalue weighted by Gasteiger charge is 1.99. The Morgan fingerprint density at radius 2 is 1.41 bits per heavy atom. The molecule has 0 radical (unpaired) electrons.